The molecule has 0 bridgehead atoms. The van der Waals surface area contributed by atoms with Crippen LogP contribution >= 0.6 is 11.6 Å². The second-order valence-electron chi connectivity index (χ2n) is 6.91. The van der Waals surface area contributed by atoms with Crippen LogP contribution in [0.1, 0.15) is 23.7 Å². The van der Waals surface area contributed by atoms with Crippen molar-refractivity contribution in [2.24, 2.45) is 0 Å². The van der Waals surface area contributed by atoms with Gasteiger partial charge in [-0.3, -0.25) is 0 Å². The van der Waals surface area contributed by atoms with Crippen molar-refractivity contribution < 1.29 is 9.47 Å². The van der Waals surface area contributed by atoms with Gasteiger partial charge in [-0.25, -0.2) is 4.98 Å². The fourth-order valence-electron chi connectivity index (χ4n) is 2.97. The molecule has 1 heterocycles. The van der Waals surface area contributed by atoms with E-state index >= 15 is 0 Å². The Bertz CT molecular complexity index is 1130. The van der Waals surface area contributed by atoms with Crippen molar-refractivity contribution in [3.63, 3.8) is 0 Å². The Labute approximate surface area is 188 Å². The van der Waals surface area contributed by atoms with Crippen LogP contribution in [-0.4, -0.2) is 4.98 Å². The molecular weight excluding hydrogens is 406 g/mol. The van der Waals surface area contributed by atoms with Crippen LogP contribution in [0.4, 0.5) is 0 Å². The molecule has 0 radical (unpaired) electrons. The van der Waals surface area contributed by atoms with Crippen molar-refractivity contribution in [3.05, 3.63) is 114 Å². The average molecular weight is 432 g/mol. The summed E-state index contributed by atoms with van der Waals surface area (Å²) in [7, 11) is 0. The molecule has 0 aliphatic heterocycles. The van der Waals surface area contributed by atoms with E-state index < -0.39 is 0 Å². The predicted molar refractivity (Wildman–Crippen MR) is 129 cm³/mol. The highest BCUT2D eigenvalue weighted by molar-refractivity contribution is 6.17. The molecule has 4 heteroatoms. The lowest BCUT2D eigenvalue weighted by molar-refractivity contribution is 0.287. The van der Waals surface area contributed by atoms with E-state index in [1.165, 1.54) is 0 Å². The third-order valence-corrected chi connectivity index (χ3v) is 4.71. The van der Waals surface area contributed by atoms with Crippen LogP contribution in [0.3, 0.4) is 0 Å². The van der Waals surface area contributed by atoms with Crippen molar-refractivity contribution in [2.45, 2.75) is 26.0 Å². The molecule has 0 saturated heterocycles. The van der Waals surface area contributed by atoms with E-state index in [0.29, 0.717) is 19.1 Å². The number of benzene rings is 3. The summed E-state index contributed by atoms with van der Waals surface area (Å²) in [6, 6.07) is 27.9. The minimum absolute atomic E-state index is 0.409. The van der Waals surface area contributed by atoms with Gasteiger partial charge in [0.1, 0.15) is 24.7 Å². The molecule has 0 aliphatic carbocycles. The Balaban J connectivity index is 0.000000858. The Morgan fingerprint density at radius 2 is 1.48 bits per heavy atom. The second kappa shape index (κ2) is 11.8. The largest absolute Gasteiger partial charge is 0.489 e. The van der Waals surface area contributed by atoms with Gasteiger partial charge in [0.25, 0.3) is 0 Å². The maximum Gasteiger partial charge on any atom is 0.130 e. The summed E-state index contributed by atoms with van der Waals surface area (Å²) in [6.07, 6.45) is 1.75. The molecule has 0 amide bonds. The monoisotopic (exact) mass is 431 g/mol. The Morgan fingerprint density at radius 3 is 2.26 bits per heavy atom. The SMILES string of the molecule is C=CC.ClCc1cccc(COc2cccc(OCc3ccc4ccccc4n3)c2)c1. The van der Waals surface area contributed by atoms with Crippen LogP contribution in [0.15, 0.2) is 97.6 Å². The van der Waals surface area contributed by atoms with Crippen LogP contribution in [0.2, 0.25) is 0 Å². The molecule has 158 valence electrons. The van der Waals surface area contributed by atoms with Gasteiger partial charge in [-0.05, 0) is 42.3 Å². The lowest BCUT2D eigenvalue weighted by atomic mass is 10.1. The number of halogens is 1. The molecule has 0 unspecified atom stereocenters. The van der Waals surface area contributed by atoms with Crippen molar-refractivity contribution >= 4 is 22.5 Å². The topological polar surface area (TPSA) is 31.4 Å². The van der Waals surface area contributed by atoms with Gasteiger partial charge in [0.15, 0.2) is 0 Å². The molecule has 0 aliphatic rings. The van der Waals surface area contributed by atoms with Crippen molar-refractivity contribution in [3.8, 4) is 11.5 Å². The lowest BCUT2D eigenvalue weighted by Gasteiger charge is -2.10. The maximum absolute atomic E-state index is 5.91. The number of aromatic nitrogens is 1. The molecule has 3 nitrogen and oxygen atoms in total. The van der Waals surface area contributed by atoms with Gasteiger partial charge < -0.3 is 9.47 Å². The number of pyridine rings is 1. The summed E-state index contributed by atoms with van der Waals surface area (Å²) in [5.41, 5.74) is 4.04. The number of hydrogen-bond donors (Lipinski definition) is 0. The van der Waals surface area contributed by atoms with Gasteiger partial charge in [0.2, 0.25) is 0 Å². The predicted octanol–water partition coefficient (Wildman–Crippen LogP) is 7.32. The van der Waals surface area contributed by atoms with Gasteiger partial charge in [-0.15, -0.1) is 18.2 Å². The minimum Gasteiger partial charge on any atom is -0.489 e. The Kier molecular flexibility index (Phi) is 8.50. The average Bonchev–Trinajstić information content (AvgIpc) is 2.82. The lowest BCUT2D eigenvalue weighted by Crippen LogP contribution is -1.99. The summed E-state index contributed by atoms with van der Waals surface area (Å²) < 4.78 is 11.8. The highest BCUT2D eigenvalue weighted by Gasteiger charge is 2.03. The number of fused-ring (bicyclic) bond motifs is 1. The molecule has 0 saturated carbocycles. The van der Waals surface area contributed by atoms with Gasteiger partial charge >= 0.3 is 0 Å². The molecule has 31 heavy (non-hydrogen) atoms. The van der Waals surface area contributed by atoms with Crippen LogP contribution < -0.4 is 9.47 Å². The van der Waals surface area contributed by atoms with E-state index in [0.717, 1.165) is 39.2 Å². The van der Waals surface area contributed by atoms with E-state index in [4.69, 9.17) is 21.1 Å². The number of allylic oxidation sites excluding steroid dienone is 1. The zero-order valence-corrected chi connectivity index (χ0v) is 18.4. The van der Waals surface area contributed by atoms with Crippen LogP contribution in [-0.2, 0) is 19.1 Å². The van der Waals surface area contributed by atoms with E-state index in [2.05, 4.69) is 29.8 Å². The molecule has 0 atom stereocenters. The molecule has 1 aromatic heterocycles. The van der Waals surface area contributed by atoms with E-state index in [1.54, 1.807) is 6.08 Å². The molecule has 4 aromatic rings. The molecule has 0 N–H and O–H groups in total. The van der Waals surface area contributed by atoms with Gasteiger partial charge in [-0.2, -0.15) is 0 Å². The molecular formula is C27H26ClNO2. The number of hydrogen-bond acceptors (Lipinski definition) is 3. The summed E-state index contributed by atoms with van der Waals surface area (Å²) in [5.74, 6) is 2.02. The van der Waals surface area contributed by atoms with Crippen LogP contribution in [0, 0.1) is 0 Å². The molecule has 0 fully saturated rings. The first-order valence-electron chi connectivity index (χ1n) is 10.1. The van der Waals surface area contributed by atoms with Crippen molar-refractivity contribution in [2.75, 3.05) is 0 Å². The third kappa shape index (κ3) is 6.87. The molecule has 4 rings (SSSR count). The normalized spacial score (nSPS) is 10.1. The number of ether oxygens (including phenoxy) is 2. The number of rotatable bonds is 7. The summed E-state index contributed by atoms with van der Waals surface area (Å²) >= 11 is 5.89. The second-order valence-corrected chi connectivity index (χ2v) is 7.18. The number of alkyl halides is 1. The maximum atomic E-state index is 5.91. The van der Waals surface area contributed by atoms with Gasteiger partial charge in [-0.1, -0.05) is 60.7 Å². The fraction of sp³-hybridized carbons (Fsp3) is 0.148. The highest BCUT2D eigenvalue weighted by Crippen LogP contribution is 2.22. The van der Waals surface area contributed by atoms with E-state index in [9.17, 15) is 0 Å². The Hall–Kier alpha value is -3.30. The van der Waals surface area contributed by atoms with Crippen molar-refractivity contribution in [1.29, 1.82) is 0 Å². The summed E-state index contributed by atoms with van der Waals surface area (Å²) in [6.45, 7) is 6.15. The molecule has 3 aromatic carbocycles. The minimum atomic E-state index is 0.409. The number of para-hydroxylation sites is 1. The zero-order chi connectivity index (χ0) is 21.9. The fourth-order valence-corrected chi connectivity index (χ4v) is 3.14. The van der Waals surface area contributed by atoms with E-state index in [1.807, 2.05) is 73.7 Å². The third-order valence-electron chi connectivity index (χ3n) is 4.40. The quantitative estimate of drug-likeness (QED) is 0.227. The highest BCUT2D eigenvalue weighted by atomic mass is 35.5. The first-order valence-corrected chi connectivity index (χ1v) is 10.7. The summed E-state index contributed by atoms with van der Waals surface area (Å²) in [4.78, 5) is 4.64. The van der Waals surface area contributed by atoms with Gasteiger partial charge in [0, 0.05) is 17.3 Å². The number of nitrogens with zero attached hydrogens (tertiary/aromatic N) is 1. The van der Waals surface area contributed by atoms with Crippen LogP contribution in [0.5, 0.6) is 11.5 Å². The zero-order valence-electron chi connectivity index (χ0n) is 17.6. The smallest absolute Gasteiger partial charge is 0.130 e. The summed E-state index contributed by atoms with van der Waals surface area (Å²) in [5, 5.41) is 1.12. The first-order chi connectivity index (χ1) is 15.2. The van der Waals surface area contributed by atoms with Gasteiger partial charge in [0.05, 0.1) is 11.2 Å². The first kappa shape index (κ1) is 22.4. The van der Waals surface area contributed by atoms with Crippen LogP contribution in [0.25, 0.3) is 10.9 Å². The van der Waals surface area contributed by atoms with Crippen molar-refractivity contribution in [1.82, 2.24) is 4.98 Å². The molecule has 0 spiro atoms. The van der Waals surface area contributed by atoms with E-state index in [-0.39, 0.29) is 0 Å². The Morgan fingerprint density at radius 1 is 0.806 bits per heavy atom. The standard InChI is InChI=1S/C24H20ClNO2.C3H6/c25-15-18-5-3-6-19(13-18)16-27-22-8-4-9-23(14-22)28-17-21-12-11-20-7-1-2-10-24(20)26-21;1-3-2/h1-14H,15-17H2;3H,1H2,2H3.